The Hall–Kier alpha value is -4.42. The Morgan fingerprint density at radius 1 is 0.962 bits per heavy atom. The summed E-state index contributed by atoms with van der Waals surface area (Å²) in [5.41, 5.74) is 2.79. The fourth-order valence-corrected chi connectivity index (χ4v) is 7.25. The summed E-state index contributed by atoms with van der Waals surface area (Å²) in [5, 5.41) is 13.7. The first-order valence-electron chi connectivity index (χ1n) is 18.9. The van der Waals surface area contributed by atoms with Gasteiger partial charge in [0.2, 0.25) is 0 Å². The number of ether oxygens (including phenoxy) is 2. The number of nitrogens with one attached hydrogen (secondary N) is 1. The summed E-state index contributed by atoms with van der Waals surface area (Å²) in [7, 11) is 3.97. The third kappa shape index (κ3) is 11.3. The Labute approximate surface area is 313 Å². The molecule has 288 valence electrons. The number of para-hydroxylation sites is 1. The highest BCUT2D eigenvalue weighted by Crippen LogP contribution is 2.29. The maximum absolute atomic E-state index is 15.2. The van der Waals surface area contributed by atoms with E-state index in [1.54, 1.807) is 9.80 Å². The number of amides is 3. The molecule has 2 saturated heterocycles. The van der Waals surface area contributed by atoms with Gasteiger partial charge < -0.3 is 39.5 Å². The molecular formula is C41H56FN5O6. The Kier molecular flexibility index (Phi) is 13.9. The fourth-order valence-electron chi connectivity index (χ4n) is 7.25. The second-order valence-corrected chi connectivity index (χ2v) is 15.0. The number of aliphatic hydroxyl groups is 1. The van der Waals surface area contributed by atoms with Crippen LogP contribution >= 0.6 is 0 Å². The van der Waals surface area contributed by atoms with Crippen molar-refractivity contribution in [3.63, 3.8) is 0 Å². The van der Waals surface area contributed by atoms with Crippen LogP contribution in [0.4, 0.5) is 25.4 Å². The predicted molar refractivity (Wildman–Crippen MR) is 205 cm³/mol. The van der Waals surface area contributed by atoms with Crippen molar-refractivity contribution in [1.29, 1.82) is 0 Å². The van der Waals surface area contributed by atoms with Crippen LogP contribution in [0.3, 0.4) is 0 Å². The molecular weight excluding hydrogens is 677 g/mol. The molecule has 5 atom stereocenters. The van der Waals surface area contributed by atoms with Gasteiger partial charge in [-0.15, -0.1) is 0 Å². The van der Waals surface area contributed by atoms with E-state index >= 15 is 4.39 Å². The van der Waals surface area contributed by atoms with Gasteiger partial charge in [0.15, 0.2) is 0 Å². The number of piperidine rings is 1. The molecule has 0 unspecified atom stereocenters. The zero-order chi connectivity index (χ0) is 38.1. The molecule has 11 nitrogen and oxygen atoms in total. The minimum atomic E-state index is -0.894. The van der Waals surface area contributed by atoms with Gasteiger partial charge >= 0.3 is 18.1 Å². The first kappa shape index (κ1) is 39.8. The third-order valence-electron chi connectivity index (χ3n) is 10.7. The molecule has 0 radical (unpaired) electrons. The summed E-state index contributed by atoms with van der Waals surface area (Å²) in [6.45, 7) is 9.69. The van der Waals surface area contributed by atoms with Crippen molar-refractivity contribution < 1.29 is 33.4 Å². The van der Waals surface area contributed by atoms with Crippen LogP contribution in [0.25, 0.3) is 6.08 Å². The summed E-state index contributed by atoms with van der Waals surface area (Å²) < 4.78 is 27.2. The number of cyclic esters (lactones) is 1. The van der Waals surface area contributed by atoms with Crippen LogP contribution in [0.2, 0.25) is 0 Å². The molecule has 53 heavy (non-hydrogen) atoms. The number of likely N-dealkylation sites (tertiary alicyclic amines) is 1. The number of esters is 1. The summed E-state index contributed by atoms with van der Waals surface area (Å²) >= 11 is 0. The molecule has 0 bridgehead atoms. The largest absolute Gasteiger partial charge is 0.457 e. The van der Waals surface area contributed by atoms with E-state index in [-0.39, 0.29) is 42.2 Å². The van der Waals surface area contributed by atoms with Crippen molar-refractivity contribution in [1.82, 2.24) is 14.7 Å². The molecule has 0 spiro atoms. The van der Waals surface area contributed by atoms with Crippen molar-refractivity contribution in [2.75, 3.05) is 63.6 Å². The maximum atomic E-state index is 15.2. The molecule has 3 aliphatic rings. The molecule has 2 aromatic rings. The number of nitrogens with zero attached hydrogens (tertiary/aromatic N) is 4. The Morgan fingerprint density at radius 2 is 1.66 bits per heavy atom. The van der Waals surface area contributed by atoms with Crippen molar-refractivity contribution in [3.05, 3.63) is 77.6 Å². The lowest BCUT2D eigenvalue weighted by atomic mass is 9.91. The van der Waals surface area contributed by atoms with E-state index in [1.807, 2.05) is 89.5 Å². The molecule has 3 aliphatic heterocycles. The van der Waals surface area contributed by atoms with E-state index in [9.17, 15) is 19.5 Å². The van der Waals surface area contributed by atoms with Crippen LogP contribution in [-0.4, -0.2) is 116 Å². The Morgan fingerprint density at radius 3 is 2.36 bits per heavy atom. The minimum Gasteiger partial charge on any atom is -0.457 e. The van der Waals surface area contributed by atoms with Crippen molar-refractivity contribution in [2.24, 2.45) is 11.8 Å². The highest BCUT2D eigenvalue weighted by Gasteiger charge is 2.30. The van der Waals surface area contributed by atoms with Gasteiger partial charge in [0, 0.05) is 69.7 Å². The normalized spacial score (nSPS) is 26.1. The predicted octanol–water partition coefficient (Wildman–Crippen LogP) is 6.40. The topological polar surface area (TPSA) is 115 Å². The molecule has 0 aliphatic carbocycles. The number of hydrogen-bond acceptors (Lipinski definition) is 8. The summed E-state index contributed by atoms with van der Waals surface area (Å²) in [6.07, 6.45) is 5.38. The van der Waals surface area contributed by atoms with Gasteiger partial charge in [-0.05, 0) is 93.1 Å². The van der Waals surface area contributed by atoms with Crippen molar-refractivity contribution in [3.8, 4) is 0 Å². The fraction of sp³-hybridized carbons (Fsp3) is 0.537. The van der Waals surface area contributed by atoms with Gasteiger partial charge in [0.05, 0.1) is 12.5 Å². The number of rotatable bonds is 6. The van der Waals surface area contributed by atoms with Gasteiger partial charge in [0.1, 0.15) is 18.0 Å². The number of urea groups is 1. The number of carbonyl (C=O) groups excluding carboxylic acids is 3. The number of halogens is 1. The molecule has 5 rings (SSSR count). The minimum absolute atomic E-state index is 0.0866. The van der Waals surface area contributed by atoms with E-state index in [0.717, 1.165) is 31.6 Å². The zero-order valence-corrected chi connectivity index (χ0v) is 31.7. The Bertz CT molecular complexity index is 1600. The first-order valence-corrected chi connectivity index (χ1v) is 18.9. The number of anilines is 2. The number of hydrogen-bond donors (Lipinski definition) is 2. The first-order chi connectivity index (χ1) is 25.4. The molecule has 2 fully saturated rings. The van der Waals surface area contributed by atoms with E-state index in [2.05, 4.69) is 15.1 Å². The quantitative estimate of drug-likeness (QED) is 0.259. The average Bonchev–Trinajstić information content (AvgIpc) is 3.14. The lowest BCUT2D eigenvalue weighted by Gasteiger charge is -2.38. The number of likely N-dealkylation sites (N-methyl/N-ethyl adjacent to an activating group) is 1. The zero-order valence-electron chi connectivity index (χ0n) is 31.7. The third-order valence-corrected chi connectivity index (χ3v) is 10.7. The maximum Gasteiger partial charge on any atom is 0.410 e. The standard InChI is InChI=1S/C41H56FN5O6/c1-28-11-13-36(48)27-38(49)53-39(29(2)12-14-37(28)52-41(51)47-21-19-44(4)20-22-47)30(3)23-31-24-32(42)26-35(25-31)45(5)34-15-17-46(18-16-34)40(50)43-33-9-7-6-8-10-33/h6-10,12,14,23-26,28-29,34,36-37,39,48H,11,13,15-22,27H2,1-5H3,(H,43,50)/b14-12-,30-23+/t28-,29-,36+,37-,39-/m0/s1. The molecule has 0 saturated carbocycles. The van der Waals surface area contributed by atoms with Gasteiger partial charge in [-0.1, -0.05) is 44.2 Å². The lowest BCUT2D eigenvalue weighted by Crippen LogP contribution is -2.48. The van der Waals surface area contributed by atoms with Gasteiger partial charge in [-0.2, -0.15) is 0 Å². The average molecular weight is 734 g/mol. The van der Waals surface area contributed by atoms with Crippen molar-refractivity contribution in [2.45, 2.75) is 77.2 Å². The van der Waals surface area contributed by atoms with Gasteiger partial charge in [0.25, 0.3) is 0 Å². The summed E-state index contributed by atoms with van der Waals surface area (Å²) in [6, 6.07) is 14.2. The molecule has 3 heterocycles. The van der Waals surface area contributed by atoms with Crippen LogP contribution in [-0.2, 0) is 14.3 Å². The molecule has 2 N–H and O–H groups in total. The number of carbonyl (C=O) groups is 3. The smallest absolute Gasteiger partial charge is 0.410 e. The highest BCUT2D eigenvalue weighted by atomic mass is 19.1. The lowest BCUT2D eigenvalue weighted by molar-refractivity contribution is -0.151. The van der Waals surface area contributed by atoms with Crippen LogP contribution in [0.5, 0.6) is 0 Å². The summed E-state index contributed by atoms with van der Waals surface area (Å²) in [4.78, 5) is 46.8. The van der Waals surface area contributed by atoms with Crippen LogP contribution in [0, 0.1) is 17.7 Å². The molecule has 2 aromatic carbocycles. The number of piperazine rings is 1. The van der Waals surface area contributed by atoms with Crippen LogP contribution in [0.15, 0.2) is 66.3 Å². The van der Waals surface area contributed by atoms with Crippen LogP contribution < -0.4 is 10.2 Å². The van der Waals surface area contributed by atoms with E-state index in [4.69, 9.17) is 9.47 Å². The van der Waals surface area contributed by atoms with Gasteiger partial charge in [-0.25, -0.2) is 14.0 Å². The molecule has 3 amide bonds. The van der Waals surface area contributed by atoms with E-state index in [0.29, 0.717) is 55.8 Å². The highest BCUT2D eigenvalue weighted by molar-refractivity contribution is 5.89. The molecule has 0 aromatic heterocycles. The SMILES string of the molecule is C/C(=C\c1cc(F)cc(N(C)C2CCN(C(=O)Nc3ccccc3)CC2)c1)[C@H]1OC(=O)C[C@H](O)CC[C@H](C)[C@@H](OC(=O)N2CCN(C)CC2)/C=C\[C@@H]1C. The second-order valence-electron chi connectivity index (χ2n) is 15.0. The second kappa shape index (κ2) is 18.6. The van der Waals surface area contributed by atoms with Crippen LogP contribution in [0.1, 0.15) is 58.4 Å². The van der Waals surface area contributed by atoms with E-state index < -0.39 is 24.3 Å². The monoisotopic (exact) mass is 733 g/mol. The molecule has 12 heteroatoms. The number of aliphatic hydroxyl groups excluding tert-OH is 1. The van der Waals surface area contributed by atoms with Gasteiger partial charge in [-0.3, -0.25) is 4.79 Å². The summed E-state index contributed by atoms with van der Waals surface area (Å²) in [5.74, 6) is -1.30. The van der Waals surface area contributed by atoms with Crippen molar-refractivity contribution >= 4 is 35.5 Å². The Balaban J connectivity index is 1.28. The number of benzene rings is 2. The van der Waals surface area contributed by atoms with E-state index in [1.165, 1.54) is 12.1 Å².